The summed E-state index contributed by atoms with van der Waals surface area (Å²) in [7, 11) is -3.57. The van der Waals surface area contributed by atoms with Crippen LogP contribution in [-0.2, 0) is 14.8 Å². The molecule has 1 heterocycles. The minimum atomic E-state index is -3.57. The first kappa shape index (κ1) is 19.7. The summed E-state index contributed by atoms with van der Waals surface area (Å²) in [6, 6.07) is 6.56. The maximum atomic E-state index is 13.1. The lowest BCUT2D eigenvalue weighted by molar-refractivity contribution is -0.134. The molecule has 1 aliphatic heterocycles. The Bertz CT molecular complexity index is 680. The predicted octanol–water partition coefficient (Wildman–Crippen LogP) is 1.70. The number of rotatable bonds is 6. The van der Waals surface area contributed by atoms with Crippen LogP contribution in [0.4, 0.5) is 5.69 Å². The molecular weight excluding hydrogens is 338 g/mol. The summed E-state index contributed by atoms with van der Waals surface area (Å²) in [5, 5.41) is 0. The SMILES string of the molecule is CC[C@H](C(=O)N1CCN(CC)CC1)N(c1ccc(C)cc1)S(C)(=O)=O. The van der Waals surface area contributed by atoms with Gasteiger partial charge in [0.05, 0.1) is 11.9 Å². The van der Waals surface area contributed by atoms with Gasteiger partial charge in [-0.05, 0) is 32.0 Å². The van der Waals surface area contributed by atoms with Gasteiger partial charge in [-0.15, -0.1) is 0 Å². The first-order valence-corrected chi connectivity index (χ1v) is 10.7. The quantitative estimate of drug-likeness (QED) is 0.768. The summed E-state index contributed by atoms with van der Waals surface area (Å²) in [5.74, 6) is -0.107. The zero-order valence-corrected chi connectivity index (χ0v) is 16.4. The molecule has 0 unspecified atom stereocenters. The molecule has 6 nitrogen and oxygen atoms in total. The second kappa shape index (κ2) is 8.19. The normalized spacial score (nSPS) is 17.4. The van der Waals surface area contributed by atoms with Crippen molar-refractivity contribution in [3.8, 4) is 0 Å². The van der Waals surface area contributed by atoms with E-state index in [9.17, 15) is 13.2 Å². The van der Waals surface area contributed by atoms with Gasteiger partial charge < -0.3 is 9.80 Å². The number of hydrogen-bond acceptors (Lipinski definition) is 4. The van der Waals surface area contributed by atoms with Gasteiger partial charge in [0.15, 0.2) is 0 Å². The van der Waals surface area contributed by atoms with Gasteiger partial charge in [-0.25, -0.2) is 8.42 Å². The molecule has 0 aliphatic carbocycles. The summed E-state index contributed by atoms with van der Waals surface area (Å²) >= 11 is 0. The van der Waals surface area contributed by atoms with Crippen molar-refractivity contribution in [2.24, 2.45) is 0 Å². The molecule has 140 valence electrons. The maximum Gasteiger partial charge on any atom is 0.246 e. The molecule has 0 aromatic heterocycles. The average Bonchev–Trinajstić information content (AvgIpc) is 2.59. The van der Waals surface area contributed by atoms with E-state index in [0.717, 1.165) is 31.5 Å². The van der Waals surface area contributed by atoms with E-state index >= 15 is 0 Å². The van der Waals surface area contributed by atoms with E-state index in [4.69, 9.17) is 0 Å². The Labute approximate surface area is 151 Å². The third-order valence-electron chi connectivity index (χ3n) is 4.73. The Morgan fingerprint density at radius 1 is 1.12 bits per heavy atom. The van der Waals surface area contributed by atoms with Gasteiger partial charge >= 0.3 is 0 Å². The minimum Gasteiger partial charge on any atom is -0.338 e. The van der Waals surface area contributed by atoms with Crippen molar-refractivity contribution in [2.75, 3.05) is 43.3 Å². The van der Waals surface area contributed by atoms with Crippen LogP contribution < -0.4 is 4.31 Å². The summed E-state index contributed by atoms with van der Waals surface area (Å²) in [6.45, 7) is 9.85. The van der Waals surface area contributed by atoms with Crippen molar-refractivity contribution >= 4 is 21.6 Å². The second-order valence-corrected chi connectivity index (χ2v) is 8.44. The van der Waals surface area contributed by atoms with Gasteiger partial charge in [0.2, 0.25) is 15.9 Å². The third kappa shape index (κ3) is 4.73. The van der Waals surface area contributed by atoms with Gasteiger partial charge in [-0.3, -0.25) is 9.10 Å². The number of carbonyl (C=O) groups excluding carboxylic acids is 1. The Kier molecular flexibility index (Phi) is 6.46. The lowest BCUT2D eigenvalue weighted by atomic mass is 10.1. The van der Waals surface area contributed by atoms with Crippen LogP contribution in [-0.4, -0.2) is 69.1 Å². The number of benzene rings is 1. The van der Waals surface area contributed by atoms with Crippen LogP contribution >= 0.6 is 0 Å². The maximum absolute atomic E-state index is 13.1. The lowest BCUT2D eigenvalue weighted by Crippen LogP contribution is -2.55. The monoisotopic (exact) mass is 367 g/mol. The van der Waals surface area contributed by atoms with E-state index in [-0.39, 0.29) is 5.91 Å². The topological polar surface area (TPSA) is 60.9 Å². The average molecular weight is 368 g/mol. The number of sulfonamides is 1. The fourth-order valence-electron chi connectivity index (χ4n) is 3.23. The second-order valence-electron chi connectivity index (χ2n) is 6.58. The van der Waals surface area contributed by atoms with E-state index in [1.54, 1.807) is 17.0 Å². The molecule has 1 aromatic carbocycles. The van der Waals surface area contributed by atoms with Crippen molar-refractivity contribution in [1.29, 1.82) is 0 Å². The van der Waals surface area contributed by atoms with E-state index in [1.807, 2.05) is 26.0 Å². The van der Waals surface area contributed by atoms with Crippen LogP contribution in [0.25, 0.3) is 0 Å². The van der Waals surface area contributed by atoms with Crippen LogP contribution in [0.15, 0.2) is 24.3 Å². The molecule has 1 amide bonds. The van der Waals surface area contributed by atoms with Crippen LogP contribution in [0.5, 0.6) is 0 Å². The first-order chi connectivity index (χ1) is 11.8. The van der Waals surface area contributed by atoms with Crippen molar-refractivity contribution in [3.05, 3.63) is 29.8 Å². The Hall–Kier alpha value is -1.60. The van der Waals surface area contributed by atoms with Crippen molar-refractivity contribution in [1.82, 2.24) is 9.80 Å². The number of aryl methyl sites for hydroxylation is 1. The fourth-order valence-corrected chi connectivity index (χ4v) is 4.44. The smallest absolute Gasteiger partial charge is 0.246 e. The predicted molar refractivity (Wildman–Crippen MR) is 101 cm³/mol. The molecule has 1 aromatic rings. The molecule has 0 radical (unpaired) electrons. The van der Waals surface area contributed by atoms with Crippen LogP contribution in [0.3, 0.4) is 0 Å². The Morgan fingerprint density at radius 3 is 2.12 bits per heavy atom. The fraction of sp³-hybridized carbons (Fsp3) is 0.611. The van der Waals surface area contributed by atoms with E-state index in [0.29, 0.717) is 25.2 Å². The van der Waals surface area contributed by atoms with Crippen molar-refractivity contribution in [2.45, 2.75) is 33.2 Å². The number of hydrogen-bond donors (Lipinski definition) is 0. The molecule has 1 fully saturated rings. The molecule has 7 heteroatoms. The highest BCUT2D eigenvalue weighted by molar-refractivity contribution is 7.92. The van der Waals surface area contributed by atoms with Gasteiger partial charge in [-0.1, -0.05) is 31.5 Å². The molecule has 1 atom stereocenters. The third-order valence-corrected chi connectivity index (χ3v) is 5.91. The Morgan fingerprint density at radius 2 is 1.68 bits per heavy atom. The van der Waals surface area contributed by atoms with Crippen LogP contribution in [0.1, 0.15) is 25.8 Å². The molecule has 1 saturated heterocycles. The molecule has 0 spiro atoms. The molecule has 0 saturated carbocycles. The van der Waals surface area contributed by atoms with Crippen LogP contribution in [0.2, 0.25) is 0 Å². The van der Waals surface area contributed by atoms with E-state index in [2.05, 4.69) is 11.8 Å². The van der Waals surface area contributed by atoms with Crippen molar-refractivity contribution in [3.63, 3.8) is 0 Å². The van der Waals surface area contributed by atoms with Gasteiger partial charge in [0.25, 0.3) is 0 Å². The number of carbonyl (C=O) groups is 1. The first-order valence-electron chi connectivity index (χ1n) is 8.85. The highest BCUT2D eigenvalue weighted by atomic mass is 32.2. The molecule has 25 heavy (non-hydrogen) atoms. The molecule has 0 N–H and O–H groups in total. The molecule has 0 bridgehead atoms. The summed E-state index contributed by atoms with van der Waals surface area (Å²) in [6.07, 6.45) is 1.60. The number of piperazine rings is 1. The zero-order chi connectivity index (χ0) is 18.6. The lowest BCUT2D eigenvalue weighted by Gasteiger charge is -2.38. The zero-order valence-electron chi connectivity index (χ0n) is 15.6. The highest BCUT2D eigenvalue weighted by Crippen LogP contribution is 2.24. The number of anilines is 1. The van der Waals surface area contributed by atoms with E-state index in [1.165, 1.54) is 4.31 Å². The largest absolute Gasteiger partial charge is 0.338 e. The highest BCUT2D eigenvalue weighted by Gasteiger charge is 2.35. The number of amides is 1. The van der Waals surface area contributed by atoms with Crippen molar-refractivity contribution < 1.29 is 13.2 Å². The molecule has 2 rings (SSSR count). The number of nitrogens with zero attached hydrogens (tertiary/aromatic N) is 3. The van der Waals surface area contributed by atoms with Gasteiger partial charge in [0.1, 0.15) is 6.04 Å². The molecular formula is C18H29N3O3S. The molecule has 1 aliphatic rings. The van der Waals surface area contributed by atoms with E-state index < -0.39 is 16.1 Å². The summed E-state index contributed by atoms with van der Waals surface area (Å²) < 4.78 is 26.2. The standard InChI is InChI=1S/C18H29N3O3S/c1-5-17(18(22)20-13-11-19(6-2)12-14-20)21(25(4,23)24)16-9-7-15(3)8-10-16/h7-10,17H,5-6,11-14H2,1-4H3/t17-/m1/s1. The summed E-state index contributed by atoms with van der Waals surface area (Å²) in [4.78, 5) is 17.1. The van der Waals surface area contributed by atoms with Crippen LogP contribution in [0, 0.1) is 6.92 Å². The summed E-state index contributed by atoms with van der Waals surface area (Å²) in [5.41, 5.74) is 1.59. The van der Waals surface area contributed by atoms with Gasteiger partial charge in [0, 0.05) is 26.2 Å². The minimum absolute atomic E-state index is 0.107. The Balaban J connectivity index is 2.27. The van der Waals surface area contributed by atoms with Gasteiger partial charge in [-0.2, -0.15) is 0 Å². The number of likely N-dealkylation sites (N-methyl/N-ethyl adjacent to an activating group) is 1.